The molecule has 0 aliphatic carbocycles. The van der Waals surface area contributed by atoms with Crippen molar-refractivity contribution >= 4 is 23.1 Å². The fourth-order valence-corrected chi connectivity index (χ4v) is 2.47. The summed E-state index contributed by atoms with van der Waals surface area (Å²) >= 11 is 0. The van der Waals surface area contributed by atoms with Gasteiger partial charge in [-0.15, -0.1) is 0 Å². The number of nitrogens with zero attached hydrogens (tertiary/aromatic N) is 1. The summed E-state index contributed by atoms with van der Waals surface area (Å²) in [6.45, 7) is 2.00. The zero-order valence-electron chi connectivity index (χ0n) is 14.1. The van der Waals surface area contributed by atoms with E-state index >= 15 is 0 Å². The number of aromatic nitrogens is 1. The lowest BCUT2D eigenvalue weighted by atomic mass is 10.2. The Bertz CT molecular complexity index is 893. The number of ether oxygens (including phenoxy) is 1. The van der Waals surface area contributed by atoms with Crippen molar-refractivity contribution < 1.29 is 9.53 Å². The Morgan fingerprint density at radius 1 is 0.960 bits per heavy atom. The van der Waals surface area contributed by atoms with E-state index in [9.17, 15) is 4.79 Å². The highest BCUT2D eigenvalue weighted by Crippen LogP contribution is 2.26. The van der Waals surface area contributed by atoms with Gasteiger partial charge in [-0.05, 0) is 42.8 Å². The van der Waals surface area contributed by atoms with Crippen LogP contribution >= 0.6 is 0 Å². The minimum Gasteiger partial charge on any atom is -0.495 e. The van der Waals surface area contributed by atoms with Gasteiger partial charge in [0.2, 0.25) is 0 Å². The Labute approximate surface area is 146 Å². The number of para-hydroxylation sites is 3. The fraction of sp³-hybridized carbons (Fsp3) is 0.100. The average molecular weight is 333 g/mol. The minimum atomic E-state index is -0.256. The van der Waals surface area contributed by atoms with Gasteiger partial charge in [0.25, 0.3) is 5.91 Å². The molecule has 0 spiro atoms. The Balaban J connectivity index is 1.87. The molecule has 0 saturated heterocycles. The summed E-state index contributed by atoms with van der Waals surface area (Å²) in [5.74, 6) is 0.853. The number of rotatable bonds is 5. The molecule has 0 unspecified atom stereocenters. The summed E-state index contributed by atoms with van der Waals surface area (Å²) in [5.41, 5.74) is 3.05. The SMILES string of the molecule is COc1ccccc1NC(=O)c1cccnc1Nc1ccccc1C. The van der Waals surface area contributed by atoms with Gasteiger partial charge in [0.05, 0.1) is 18.4 Å². The molecule has 0 bridgehead atoms. The molecule has 0 atom stereocenters. The van der Waals surface area contributed by atoms with Crippen molar-refractivity contribution in [1.82, 2.24) is 4.98 Å². The summed E-state index contributed by atoms with van der Waals surface area (Å²) < 4.78 is 5.28. The highest BCUT2D eigenvalue weighted by Gasteiger charge is 2.15. The summed E-state index contributed by atoms with van der Waals surface area (Å²) in [7, 11) is 1.57. The first-order valence-electron chi connectivity index (χ1n) is 7.91. The molecule has 1 aromatic heterocycles. The number of benzene rings is 2. The van der Waals surface area contributed by atoms with Crippen molar-refractivity contribution in [3.05, 3.63) is 78.0 Å². The molecule has 1 amide bonds. The highest BCUT2D eigenvalue weighted by molar-refractivity contribution is 6.08. The van der Waals surface area contributed by atoms with Crippen LogP contribution in [-0.4, -0.2) is 18.0 Å². The number of hydrogen-bond donors (Lipinski definition) is 2. The van der Waals surface area contributed by atoms with E-state index in [1.165, 1.54) is 0 Å². The minimum absolute atomic E-state index is 0.256. The molecule has 3 rings (SSSR count). The van der Waals surface area contributed by atoms with Gasteiger partial charge in [0, 0.05) is 11.9 Å². The Kier molecular flexibility index (Phi) is 4.95. The second-order valence-corrected chi connectivity index (χ2v) is 5.49. The predicted octanol–water partition coefficient (Wildman–Crippen LogP) is 4.39. The zero-order chi connectivity index (χ0) is 17.6. The summed E-state index contributed by atoms with van der Waals surface area (Å²) in [6.07, 6.45) is 1.65. The van der Waals surface area contributed by atoms with Crippen LogP contribution in [0, 0.1) is 6.92 Å². The fourth-order valence-electron chi connectivity index (χ4n) is 2.47. The highest BCUT2D eigenvalue weighted by atomic mass is 16.5. The molecule has 0 radical (unpaired) electrons. The van der Waals surface area contributed by atoms with Crippen LogP contribution in [0.4, 0.5) is 17.2 Å². The number of hydrogen-bond acceptors (Lipinski definition) is 4. The van der Waals surface area contributed by atoms with Gasteiger partial charge >= 0.3 is 0 Å². The number of carbonyl (C=O) groups is 1. The number of methoxy groups -OCH3 is 1. The molecule has 0 saturated carbocycles. The zero-order valence-corrected chi connectivity index (χ0v) is 14.1. The molecule has 0 aliphatic heterocycles. The molecular formula is C20H19N3O2. The number of aryl methyl sites for hydroxylation is 1. The van der Waals surface area contributed by atoms with Crippen LogP contribution in [0.3, 0.4) is 0 Å². The molecule has 0 aliphatic rings. The summed E-state index contributed by atoms with van der Waals surface area (Å²) in [5, 5.41) is 6.11. The van der Waals surface area contributed by atoms with Crippen LogP contribution < -0.4 is 15.4 Å². The molecule has 2 N–H and O–H groups in total. The van der Waals surface area contributed by atoms with Crippen molar-refractivity contribution in [1.29, 1.82) is 0 Å². The van der Waals surface area contributed by atoms with Crippen LogP contribution in [0.5, 0.6) is 5.75 Å². The first kappa shape index (κ1) is 16.5. The van der Waals surface area contributed by atoms with Crippen LogP contribution in [0.15, 0.2) is 66.9 Å². The van der Waals surface area contributed by atoms with Crippen LogP contribution in [-0.2, 0) is 0 Å². The summed E-state index contributed by atoms with van der Waals surface area (Å²) in [6, 6.07) is 18.6. The molecule has 25 heavy (non-hydrogen) atoms. The number of carbonyl (C=O) groups excluding carboxylic acids is 1. The predicted molar refractivity (Wildman–Crippen MR) is 99.6 cm³/mol. The lowest BCUT2D eigenvalue weighted by Gasteiger charge is -2.14. The van der Waals surface area contributed by atoms with Gasteiger partial charge in [-0.3, -0.25) is 4.79 Å². The van der Waals surface area contributed by atoms with Crippen LogP contribution in [0.2, 0.25) is 0 Å². The second-order valence-electron chi connectivity index (χ2n) is 5.49. The van der Waals surface area contributed by atoms with Crippen molar-refractivity contribution in [2.24, 2.45) is 0 Å². The Hall–Kier alpha value is -3.34. The maximum atomic E-state index is 12.7. The van der Waals surface area contributed by atoms with Crippen LogP contribution in [0.25, 0.3) is 0 Å². The van der Waals surface area contributed by atoms with Gasteiger partial charge in [-0.25, -0.2) is 4.98 Å². The number of amides is 1. The third-order valence-corrected chi connectivity index (χ3v) is 3.81. The third kappa shape index (κ3) is 3.77. The molecule has 5 nitrogen and oxygen atoms in total. The Morgan fingerprint density at radius 3 is 2.44 bits per heavy atom. The number of anilines is 3. The van der Waals surface area contributed by atoms with Gasteiger partial charge in [0.15, 0.2) is 0 Å². The van der Waals surface area contributed by atoms with Crippen molar-refractivity contribution in [3.8, 4) is 5.75 Å². The van der Waals surface area contributed by atoms with Gasteiger partial charge < -0.3 is 15.4 Å². The standard InChI is InChI=1S/C20H19N3O2/c1-14-8-3-4-10-16(14)22-19-15(9-7-13-21-19)20(24)23-17-11-5-6-12-18(17)25-2/h3-13H,1-2H3,(H,21,22)(H,23,24). The molecular weight excluding hydrogens is 314 g/mol. The van der Waals surface area contributed by atoms with Gasteiger partial charge in [-0.1, -0.05) is 30.3 Å². The average Bonchev–Trinajstić information content (AvgIpc) is 2.64. The van der Waals surface area contributed by atoms with E-state index < -0.39 is 0 Å². The number of nitrogens with one attached hydrogen (secondary N) is 2. The van der Waals surface area contributed by atoms with Crippen molar-refractivity contribution in [2.45, 2.75) is 6.92 Å². The molecule has 126 valence electrons. The maximum absolute atomic E-state index is 12.7. The van der Waals surface area contributed by atoms with E-state index in [0.29, 0.717) is 22.8 Å². The topological polar surface area (TPSA) is 63.2 Å². The van der Waals surface area contributed by atoms with Gasteiger partial charge in [0.1, 0.15) is 11.6 Å². The van der Waals surface area contributed by atoms with Gasteiger partial charge in [-0.2, -0.15) is 0 Å². The molecule has 0 fully saturated rings. The van der Waals surface area contributed by atoms with Crippen molar-refractivity contribution in [3.63, 3.8) is 0 Å². The molecule has 3 aromatic rings. The quantitative estimate of drug-likeness (QED) is 0.727. The van der Waals surface area contributed by atoms with E-state index in [4.69, 9.17) is 4.74 Å². The third-order valence-electron chi connectivity index (χ3n) is 3.81. The number of pyridine rings is 1. The smallest absolute Gasteiger partial charge is 0.259 e. The molecule has 1 heterocycles. The van der Waals surface area contributed by atoms with E-state index in [1.807, 2.05) is 43.3 Å². The Morgan fingerprint density at radius 2 is 1.68 bits per heavy atom. The van der Waals surface area contributed by atoms with Crippen LogP contribution in [0.1, 0.15) is 15.9 Å². The van der Waals surface area contributed by atoms with Crippen molar-refractivity contribution in [2.75, 3.05) is 17.7 Å². The second kappa shape index (κ2) is 7.49. The lowest BCUT2D eigenvalue weighted by Crippen LogP contribution is -2.15. The normalized spacial score (nSPS) is 10.2. The molecule has 2 aromatic carbocycles. The first-order chi connectivity index (χ1) is 12.2. The van der Waals surface area contributed by atoms with E-state index in [1.54, 1.807) is 37.6 Å². The van der Waals surface area contributed by atoms with E-state index in [2.05, 4.69) is 15.6 Å². The molecule has 5 heteroatoms. The largest absolute Gasteiger partial charge is 0.495 e. The van der Waals surface area contributed by atoms with E-state index in [0.717, 1.165) is 11.3 Å². The maximum Gasteiger partial charge on any atom is 0.259 e. The lowest BCUT2D eigenvalue weighted by molar-refractivity contribution is 0.102. The monoisotopic (exact) mass is 333 g/mol. The first-order valence-corrected chi connectivity index (χ1v) is 7.91. The summed E-state index contributed by atoms with van der Waals surface area (Å²) in [4.78, 5) is 17.0. The van der Waals surface area contributed by atoms with E-state index in [-0.39, 0.29) is 5.91 Å².